The van der Waals surface area contributed by atoms with E-state index >= 15 is 0 Å². The van der Waals surface area contributed by atoms with E-state index in [9.17, 15) is 22.8 Å². The first-order valence-corrected chi connectivity index (χ1v) is 14.4. The highest BCUT2D eigenvalue weighted by Gasteiger charge is 2.49. The standard InChI is InChI=1S/C31H28N2O6S/c1-3-39-31(36)24-13-16-26(17-14-24)32-29(34)20-28(30(32)35)33(21(2)22-9-5-4-6-10-22)40(37,38)27-18-15-23-11-7-8-12-25(23)19-27/h4-19,21,28H,3,20H2,1-2H3. The maximum atomic E-state index is 14.2. The number of fused-ring (bicyclic) bond motifs is 1. The normalized spacial score (nSPS) is 16.5. The molecule has 0 aliphatic carbocycles. The molecule has 4 aromatic rings. The van der Waals surface area contributed by atoms with Gasteiger partial charge in [-0.15, -0.1) is 0 Å². The Morgan fingerprint density at radius 1 is 0.925 bits per heavy atom. The predicted molar refractivity (Wildman–Crippen MR) is 151 cm³/mol. The van der Waals surface area contributed by atoms with Crippen molar-refractivity contribution in [3.8, 4) is 0 Å². The fourth-order valence-electron chi connectivity index (χ4n) is 5.02. The van der Waals surface area contributed by atoms with Gasteiger partial charge < -0.3 is 4.74 Å². The van der Waals surface area contributed by atoms with Gasteiger partial charge in [0.25, 0.3) is 5.91 Å². The molecular weight excluding hydrogens is 528 g/mol. The van der Waals surface area contributed by atoms with Crippen molar-refractivity contribution in [1.82, 2.24) is 4.31 Å². The van der Waals surface area contributed by atoms with E-state index in [0.29, 0.717) is 5.56 Å². The summed E-state index contributed by atoms with van der Waals surface area (Å²) < 4.78 is 34.6. The number of carbonyl (C=O) groups is 3. The summed E-state index contributed by atoms with van der Waals surface area (Å²) in [5.74, 6) is -1.70. The molecule has 1 aliphatic heterocycles. The van der Waals surface area contributed by atoms with E-state index in [4.69, 9.17) is 4.74 Å². The highest BCUT2D eigenvalue weighted by molar-refractivity contribution is 7.89. The third kappa shape index (κ3) is 5.01. The number of carbonyl (C=O) groups excluding carboxylic acids is 3. The van der Waals surface area contributed by atoms with Crippen LogP contribution >= 0.6 is 0 Å². The Balaban J connectivity index is 1.55. The minimum atomic E-state index is -4.24. The largest absolute Gasteiger partial charge is 0.462 e. The Labute approximate surface area is 232 Å². The Bertz CT molecular complexity index is 1690. The molecule has 204 valence electrons. The monoisotopic (exact) mass is 556 g/mol. The van der Waals surface area contributed by atoms with E-state index in [0.717, 1.165) is 20.0 Å². The van der Waals surface area contributed by atoms with E-state index in [1.807, 2.05) is 30.3 Å². The van der Waals surface area contributed by atoms with Crippen molar-refractivity contribution in [2.45, 2.75) is 37.2 Å². The molecule has 40 heavy (non-hydrogen) atoms. The van der Waals surface area contributed by atoms with Gasteiger partial charge in [0, 0.05) is 6.04 Å². The van der Waals surface area contributed by atoms with Gasteiger partial charge in [0.1, 0.15) is 6.04 Å². The van der Waals surface area contributed by atoms with Crippen molar-refractivity contribution in [3.63, 3.8) is 0 Å². The van der Waals surface area contributed by atoms with Crippen LogP contribution in [0.15, 0.2) is 102 Å². The van der Waals surface area contributed by atoms with E-state index in [-0.39, 0.29) is 29.2 Å². The summed E-state index contributed by atoms with van der Waals surface area (Å²) >= 11 is 0. The number of imide groups is 1. The summed E-state index contributed by atoms with van der Waals surface area (Å²) in [5, 5.41) is 1.63. The molecule has 1 heterocycles. The molecular formula is C31H28N2O6S. The first kappa shape index (κ1) is 27.2. The summed E-state index contributed by atoms with van der Waals surface area (Å²) in [6, 6.07) is 25.1. The van der Waals surface area contributed by atoms with Gasteiger partial charge in [-0.05, 0) is 66.6 Å². The lowest BCUT2D eigenvalue weighted by molar-refractivity contribution is -0.122. The van der Waals surface area contributed by atoms with Gasteiger partial charge in [0.2, 0.25) is 15.9 Å². The zero-order valence-corrected chi connectivity index (χ0v) is 22.9. The number of esters is 1. The molecule has 9 heteroatoms. The van der Waals surface area contributed by atoms with E-state index in [2.05, 4.69) is 0 Å². The molecule has 4 aromatic carbocycles. The Hall–Kier alpha value is -4.34. The van der Waals surface area contributed by atoms with Gasteiger partial charge in [-0.2, -0.15) is 4.31 Å². The third-order valence-electron chi connectivity index (χ3n) is 7.03. The third-order valence-corrected chi connectivity index (χ3v) is 9.00. The second-order valence-electron chi connectivity index (χ2n) is 9.49. The number of rotatable bonds is 8. The van der Waals surface area contributed by atoms with Crippen LogP contribution in [0.3, 0.4) is 0 Å². The molecule has 1 fully saturated rings. The summed E-state index contributed by atoms with van der Waals surface area (Å²) in [5.41, 5.74) is 1.21. The molecule has 8 nitrogen and oxygen atoms in total. The van der Waals surface area contributed by atoms with Crippen LogP contribution in [0.4, 0.5) is 5.69 Å². The quantitative estimate of drug-likeness (QED) is 0.221. The van der Waals surface area contributed by atoms with Crippen LogP contribution in [-0.4, -0.2) is 43.2 Å². The number of hydrogen-bond donors (Lipinski definition) is 0. The summed E-state index contributed by atoms with van der Waals surface area (Å²) in [4.78, 5) is 40.1. The smallest absolute Gasteiger partial charge is 0.338 e. The number of anilines is 1. The van der Waals surface area contributed by atoms with Crippen LogP contribution in [0.2, 0.25) is 0 Å². The average molecular weight is 557 g/mol. The number of hydrogen-bond acceptors (Lipinski definition) is 6. The molecule has 0 N–H and O–H groups in total. The van der Waals surface area contributed by atoms with Crippen molar-refractivity contribution in [1.29, 1.82) is 0 Å². The van der Waals surface area contributed by atoms with Gasteiger partial charge in [0.05, 0.1) is 29.2 Å². The van der Waals surface area contributed by atoms with Crippen LogP contribution in [0.1, 0.15) is 42.2 Å². The van der Waals surface area contributed by atoms with Crippen molar-refractivity contribution in [3.05, 3.63) is 108 Å². The summed E-state index contributed by atoms with van der Waals surface area (Å²) in [6.07, 6.45) is -0.317. The molecule has 1 aliphatic rings. The van der Waals surface area contributed by atoms with Gasteiger partial charge >= 0.3 is 5.97 Å². The summed E-state index contributed by atoms with van der Waals surface area (Å²) in [7, 11) is -4.24. The van der Waals surface area contributed by atoms with Crippen molar-refractivity contribution in [2.75, 3.05) is 11.5 Å². The Morgan fingerprint density at radius 2 is 1.57 bits per heavy atom. The number of sulfonamides is 1. The first-order chi connectivity index (χ1) is 19.2. The lowest BCUT2D eigenvalue weighted by Crippen LogP contribution is -2.46. The van der Waals surface area contributed by atoms with Crippen LogP contribution in [0.5, 0.6) is 0 Å². The molecule has 0 saturated carbocycles. The maximum Gasteiger partial charge on any atom is 0.338 e. The summed E-state index contributed by atoms with van der Waals surface area (Å²) in [6.45, 7) is 3.62. The number of nitrogens with zero attached hydrogens (tertiary/aromatic N) is 2. The van der Waals surface area contributed by atoms with E-state index in [1.54, 1.807) is 50.2 Å². The van der Waals surface area contributed by atoms with Crippen LogP contribution in [-0.2, 0) is 24.3 Å². The molecule has 5 rings (SSSR count). The van der Waals surface area contributed by atoms with Crippen LogP contribution < -0.4 is 4.90 Å². The van der Waals surface area contributed by atoms with Crippen molar-refractivity contribution in [2.24, 2.45) is 0 Å². The molecule has 0 aromatic heterocycles. The lowest BCUT2D eigenvalue weighted by Gasteiger charge is -2.32. The van der Waals surface area contributed by atoms with Gasteiger partial charge in [0.15, 0.2) is 0 Å². The highest BCUT2D eigenvalue weighted by Crippen LogP contribution is 2.36. The molecule has 2 atom stereocenters. The topological polar surface area (TPSA) is 101 Å². The number of ether oxygens (including phenoxy) is 1. The molecule has 1 saturated heterocycles. The predicted octanol–water partition coefficient (Wildman–Crippen LogP) is 5.10. The minimum absolute atomic E-state index is 0.0338. The van der Waals surface area contributed by atoms with Gasteiger partial charge in [-0.1, -0.05) is 60.7 Å². The first-order valence-electron chi connectivity index (χ1n) is 12.9. The molecule has 2 unspecified atom stereocenters. The number of benzene rings is 4. The fraction of sp³-hybridized carbons (Fsp3) is 0.194. The zero-order valence-electron chi connectivity index (χ0n) is 22.1. The molecule has 0 bridgehead atoms. The Kier molecular flexibility index (Phi) is 7.51. The van der Waals surface area contributed by atoms with Gasteiger partial charge in [-0.3, -0.25) is 9.59 Å². The van der Waals surface area contributed by atoms with Gasteiger partial charge in [-0.25, -0.2) is 18.1 Å². The molecule has 0 radical (unpaired) electrons. The second kappa shape index (κ2) is 11.0. The molecule has 0 spiro atoms. The zero-order chi connectivity index (χ0) is 28.4. The highest BCUT2D eigenvalue weighted by atomic mass is 32.2. The van der Waals surface area contributed by atoms with Crippen molar-refractivity contribution >= 4 is 44.3 Å². The van der Waals surface area contributed by atoms with E-state index < -0.39 is 39.9 Å². The van der Waals surface area contributed by atoms with Crippen molar-refractivity contribution < 1.29 is 27.5 Å². The van der Waals surface area contributed by atoms with Crippen LogP contribution in [0, 0.1) is 0 Å². The lowest BCUT2D eigenvalue weighted by atomic mass is 10.1. The van der Waals surface area contributed by atoms with Crippen LogP contribution in [0.25, 0.3) is 10.8 Å². The second-order valence-corrected chi connectivity index (χ2v) is 11.3. The maximum absolute atomic E-state index is 14.2. The fourth-order valence-corrected chi connectivity index (χ4v) is 6.82. The molecule has 2 amide bonds. The minimum Gasteiger partial charge on any atom is -0.462 e. The SMILES string of the molecule is CCOC(=O)c1ccc(N2C(=O)CC(N(C(C)c3ccccc3)S(=O)(=O)c3ccc4ccccc4c3)C2=O)cc1. The average Bonchev–Trinajstić information content (AvgIpc) is 3.26. The van der Waals surface area contributed by atoms with E-state index in [1.165, 1.54) is 30.3 Å². The number of amides is 2. The Morgan fingerprint density at radius 3 is 2.25 bits per heavy atom.